The second kappa shape index (κ2) is 7.50. The van der Waals surface area contributed by atoms with Crippen LogP contribution < -0.4 is 4.72 Å². The summed E-state index contributed by atoms with van der Waals surface area (Å²) in [5, 5.41) is 0. The molecule has 1 aromatic carbocycles. The summed E-state index contributed by atoms with van der Waals surface area (Å²) in [6, 6.07) is 5.07. The van der Waals surface area contributed by atoms with Crippen LogP contribution in [0.5, 0.6) is 0 Å². The van der Waals surface area contributed by atoms with Gasteiger partial charge in [-0.1, -0.05) is 13.0 Å². The molecule has 1 unspecified atom stereocenters. The third kappa shape index (κ3) is 5.01. The smallest absolute Gasteiger partial charge is 0.240 e. The second-order valence-electron chi connectivity index (χ2n) is 6.02. The molecule has 2 rings (SSSR count). The molecule has 1 aliphatic heterocycles. The van der Waals surface area contributed by atoms with Crippen LogP contribution in [0.2, 0.25) is 0 Å². The van der Waals surface area contributed by atoms with Crippen molar-refractivity contribution >= 4 is 10.0 Å². The molecule has 0 aromatic heterocycles. The molecule has 22 heavy (non-hydrogen) atoms. The van der Waals surface area contributed by atoms with Crippen LogP contribution >= 0.6 is 0 Å². The first-order valence-electron chi connectivity index (χ1n) is 7.53. The van der Waals surface area contributed by atoms with E-state index in [9.17, 15) is 12.8 Å². The van der Waals surface area contributed by atoms with Gasteiger partial charge in [-0.25, -0.2) is 17.5 Å². The summed E-state index contributed by atoms with van der Waals surface area (Å²) in [5.41, 5.74) is 0. The van der Waals surface area contributed by atoms with Crippen LogP contribution in [-0.2, 0) is 10.0 Å². The Kier molecular flexibility index (Phi) is 5.91. The Balaban J connectivity index is 1.83. The highest BCUT2D eigenvalue weighted by molar-refractivity contribution is 7.89. The lowest BCUT2D eigenvalue weighted by Gasteiger charge is -2.33. The molecule has 1 fully saturated rings. The molecule has 0 saturated carbocycles. The summed E-state index contributed by atoms with van der Waals surface area (Å²) in [5.74, 6) is -0.347. The van der Waals surface area contributed by atoms with Gasteiger partial charge in [0.2, 0.25) is 10.0 Å². The van der Waals surface area contributed by atoms with Gasteiger partial charge in [0.25, 0.3) is 0 Å². The van der Waals surface area contributed by atoms with E-state index in [4.69, 9.17) is 0 Å². The fourth-order valence-electron chi connectivity index (χ4n) is 2.51. The minimum Gasteiger partial charge on any atom is -0.304 e. The zero-order chi connectivity index (χ0) is 16.2. The van der Waals surface area contributed by atoms with E-state index in [2.05, 4.69) is 21.6 Å². The predicted octanol–water partition coefficient (Wildman–Crippen LogP) is 0.988. The van der Waals surface area contributed by atoms with Gasteiger partial charge in [-0.05, 0) is 31.2 Å². The van der Waals surface area contributed by atoms with Crippen molar-refractivity contribution in [3.8, 4) is 0 Å². The average molecular weight is 329 g/mol. The van der Waals surface area contributed by atoms with Crippen molar-refractivity contribution in [3.63, 3.8) is 0 Å². The number of benzene rings is 1. The van der Waals surface area contributed by atoms with Crippen molar-refractivity contribution in [3.05, 3.63) is 30.1 Å². The quantitative estimate of drug-likeness (QED) is 0.846. The van der Waals surface area contributed by atoms with E-state index in [0.717, 1.165) is 38.8 Å². The maximum atomic E-state index is 13.1. The van der Waals surface area contributed by atoms with E-state index in [0.29, 0.717) is 6.54 Å². The van der Waals surface area contributed by atoms with Gasteiger partial charge in [0, 0.05) is 39.3 Å². The Hall–Kier alpha value is -1.02. The predicted molar refractivity (Wildman–Crippen MR) is 84.7 cm³/mol. The van der Waals surface area contributed by atoms with Crippen LogP contribution in [0.4, 0.5) is 4.39 Å². The summed E-state index contributed by atoms with van der Waals surface area (Å²) in [6.07, 6.45) is 0. The van der Waals surface area contributed by atoms with Crippen molar-refractivity contribution in [2.24, 2.45) is 5.92 Å². The van der Waals surface area contributed by atoms with E-state index >= 15 is 0 Å². The van der Waals surface area contributed by atoms with Crippen LogP contribution in [0.1, 0.15) is 6.92 Å². The van der Waals surface area contributed by atoms with E-state index < -0.39 is 15.8 Å². The highest BCUT2D eigenvalue weighted by Crippen LogP contribution is 2.11. The van der Waals surface area contributed by atoms with Crippen LogP contribution in [0.25, 0.3) is 0 Å². The number of piperazine rings is 1. The second-order valence-corrected chi connectivity index (χ2v) is 7.79. The number of likely N-dealkylation sites (N-methyl/N-ethyl adjacent to an activating group) is 1. The highest BCUT2D eigenvalue weighted by Gasteiger charge is 2.19. The van der Waals surface area contributed by atoms with Crippen LogP contribution in [0.15, 0.2) is 29.2 Å². The number of hydrogen-bond acceptors (Lipinski definition) is 4. The number of sulfonamides is 1. The van der Waals surface area contributed by atoms with E-state index in [1.54, 1.807) is 0 Å². The third-order valence-electron chi connectivity index (χ3n) is 3.89. The highest BCUT2D eigenvalue weighted by atomic mass is 32.2. The molecular weight excluding hydrogens is 305 g/mol. The van der Waals surface area contributed by atoms with Crippen molar-refractivity contribution < 1.29 is 12.8 Å². The maximum Gasteiger partial charge on any atom is 0.240 e. The Labute approximate surface area is 132 Å². The van der Waals surface area contributed by atoms with Crippen LogP contribution in [0.3, 0.4) is 0 Å². The van der Waals surface area contributed by atoms with Crippen molar-refractivity contribution in [1.29, 1.82) is 0 Å². The molecule has 5 nitrogen and oxygen atoms in total. The fourth-order valence-corrected chi connectivity index (χ4v) is 3.70. The molecule has 0 aliphatic carbocycles. The maximum absolute atomic E-state index is 13.1. The number of hydrogen-bond donors (Lipinski definition) is 1. The van der Waals surface area contributed by atoms with Crippen LogP contribution in [0, 0.1) is 11.7 Å². The molecule has 0 amide bonds. The molecule has 1 aromatic rings. The third-order valence-corrected chi connectivity index (χ3v) is 5.32. The minimum absolute atomic E-state index is 0.0284. The summed E-state index contributed by atoms with van der Waals surface area (Å²) in [4.78, 5) is 4.61. The first-order valence-corrected chi connectivity index (χ1v) is 9.01. The summed E-state index contributed by atoms with van der Waals surface area (Å²) in [6.45, 7) is 7.34. The number of halogens is 1. The van der Waals surface area contributed by atoms with Crippen molar-refractivity contribution in [2.75, 3.05) is 46.3 Å². The molecule has 7 heteroatoms. The van der Waals surface area contributed by atoms with Gasteiger partial charge in [0.15, 0.2) is 0 Å². The zero-order valence-electron chi connectivity index (χ0n) is 13.1. The largest absolute Gasteiger partial charge is 0.304 e. The number of rotatable bonds is 6. The van der Waals surface area contributed by atoms with Gasteiger partial charge in [0.1, 0.15) is 5.82 Å². The number of nitrogens with zero attached hydrogens (tertiary/aromatic N) is 2. The normalized spacial score (nSPS) is 19.2. The Morgan fingerprint density at radius 3 is 2.59 bits per heavy atom. The van der Waals surface area contributed by atoms with Gasteiger partial charge in [0.05, 0.1) is 4.90 Å². The monoisotopic (exact) mass is 329 g/mol. The molecule has 1 heterocycles. The molecule has 0 bridgehead atoms. The van der Waals surface area contributed by atoms with Gasteiger partial charge in [-0.2, -0.15) is 0 Å². The topological polar surface area (TPSA) is 52.7 Å². The lowest BCUT2D eigenvalue weighted by Crippen LogP contribution is -2.46. The molecular formula is C15H24FN3O2S. The van der Waals surface area contributed by atoms with Crippen LogP contribution in [-0.4, -0.2) is 64.5 Å². The average Bonchev–Trinajstić information content (AvgIpc) is 2.48. The zero-order valence-corrected chi connectivity index (χ0v) is 13.9. The SMILES string of the molecule is CC(CNS(=O)(=O)c1cccc(F)c1)CN1CCN(C)CC1. The van der Waals surface area contributed by atoms with E-state index in [1.165, 1.54) is 18.2 Å². The molecule has 0 radical (unpaired) electrons. The molecule has 1 N–H and O–H groups in total. The summed E-state index contributed by atoms with van der Waals surface area (Å²) >= 11 is 0. The first kappa shape index (κ1) is 17.3. The first-order chi connectivity index (χ1) is 10.4. The lowest BCUT2D eigenvalue weighted by atomic mass is 10.1. The minimum atomic E-state index is -3.64. The standard InChI is InChI=1S/C15H24FN3O2S/c1-13(12-19-8-6-18(2)7-9-19)11-17-22(20,21)15-5-3-4-14(16)10-15/h3-5,10,13,17H,6-9,11-12H2,1-2H3. The summed E-state index contributed by atoms with van der Waals surface area (Å²) < 4.78 is 40.0. The fraction of sp³-hybridized carbons (Fsp3) is 0.600. The molecule has 1 aliphatic rings. The summed E-state index contributed by atoms with van der Waals surface area (Å²) in [7, 11) is -1.54. The van der Waals surface area contributed by atoms with Crippen molar-refractivity contribution in [2.45, 2.75) is 11.8 Å². The van der Waals surface area contributed by atoms with Gasteiger partial charge in [-0.15, -0.1) is 0 Å². The molecule has 0 spiro atoms. The Morgan fingerprint density at radius 1 is 1.27 bits per heavy atom. The van der Waals surface area contributed by atoms with Gasteiger partial charge >= 0.3 is 0 Å². The van der Waals surface area contributed by atoms with Gasteiger partial charge < -0.3 is 9.80 Å². The van der Waals surface area contributed by atoms with E-state index in [1.807, 2.05) is 6.92 Å². The Morgan fingerprint density at radius 2 is 1.95 bits per heavy atom. The number of nitrogens with one attached hydrogen (secondary N) is 1. The molecule has 1 saturated heterocycles. The Bertz CT molecular complexity index is 586. The molecule has 1 atom stereocenters. The van der Waals surface area contributed by atoms with Gasteiger partial charge in [-0.3, -0.25) is 0 Å². The van der Waals surface area contributed by atoms with Crippen molar-refractivity contribution in [1.82, 2.24) is 14.5 Å². The molecule has 124 valence electrons. The lowest BCUT2D eigenvalue weighted by molar-refractivity contribution is 0.139. The van der Waals surface area contributed by atoms with E-state index in [-0.39, 0.29) is 10.8 Å².